The van der Waals surface area contributed by atoms with Crippen LogP contribution in [0.1, 0.15) is 10.4 Å². The van der Waals surface area contributed by atoms with Crippen molar-refractivity contribution in [3.8, 4) is 0 Å². The summed E-state index contributed by atoms with van der Waals surface area (Å²) < 4.78 is 0. The fraction of sp³-hybridized carbons (Fsp3) is 0.125. The lowest BCUT2D eigenvalue weighted by atomic mass is 10.1. The number of nitrogens with zero attached hydrogens (tertiary/aromatic N) is 1. The molecule has 0 bridgehead atoms. The van der Waals surface area contributed by atoms with Gasteiger partial charge in [0.05, 0.1) is 10.5 Å². The van der Waals surface area contributed by atoms with Crippen LogP contribution in [0.5, 0.6) is 0 Å². The minimum Gasteiger partial charge on any atom is -0.302 e. The molecule has 0 aliphatic rings. The molecule has 5 heteroatoms. The average molecular weight is 244 g/mol. The Morgan fingerprint density at radius 1 is 1.46 bits per heavy atom. The number of carbonyl (C=O) groups is 1. The van der Waals surface area contributed by atoms with Gasteiger partial charge in [0.25, 0.3) is 5.69 Å². The van der Waals surface area contributed by atoms with Gasteiger partial charge in [-0.15, -0.1) is 0 Å². The van der Waals surface area contributed by atoms with E-state index in [9.17, 15) is 14.9 Å². The Labute approximate surface area is 82.8 Å². The van der Waals surface area contributed by atoms with Gasteiger partial charge in [-0.05, 0) is 0 Å². The molecule has 0 radical (unpaired) electrons. The molecule has 0 aromatic heterocycles. The molecule has 0 saturated carbocycles. The van der Waals surface area contributed by atoms with E-state index in [1.165, 1.54) is 6.07 Å². The predicted octanol–water partition coefficient (Wildman–Crippen LogP) is 2.23. The number of rotatable bonds is 3. The maximum Gasteiger partial charge on any atom is 0.274 e. The van der Waals surface area contributed by atoms with Crippen molar-refractivity contribution in [1.29, 1.82) is 0 Å². The van der Waals surface area contributed by atoms with Crippen molar-refractivity contribution in [3.63, 3.8) is 0 Å². The maximum absolute atomic E-state index is 10.5. The Kier molecular flexibility index (Phi) is 3.13. The van der Waals surface area contributed by atoms with E-state index < -0.39 is 9.75 Å². The summed E-state index contributed by atoms with van der Waals surface area (Å²) in [6.45, 7) is 0. The molecular weight excluding hydrogens is 238 g/mol. The number of nitro benzene ring substituents is 1. The normalized spacial score (nSPS) is 12.1. The van der Waals surface area contributed by atoms with Crippen molar-refractivity contribution in [2.75, 3.05) is 0 Å². The molecule has 0 spiro atoms. The summed E-state index contributed by atoms with van der Waals surface area (Å²) in [5, 5.41) is 10.5. The van der Waals surface area contributed by atoms with Crippen LogP contribution in [0.15, 0.2) is 24.3 Å². The van der Waals surface area contributed by atoms with Crippen LogP contribution in [0.3, 0.4) is 0 Å². The van der Waals surface area contributed by atoms with Gasteiger partial charge in [0.2, 0.25) is 0 Å². The zero-order chi connectivity index (χ0) is 9.84. The van der Waals surface area contributed by atoms with Crippen molar-refractivity contribution in [2.24, 2.45) is 0 Å². The van der Waals surface area contributed by atoms with E-state index >= 15 is 0 Å². The molecule has 0 aliphatic carbocycles. The number of hydrogen-bond donors (Lipinski definition) is 0. The average Bonchev–Trinajstić information content (AvgIpc) is 2.16. The van der Waals surface area contributed by atoms with Crippen LogP contribution in [-0.4, -0.2) is 11.2 Å². The largest absolute Gasteiger partial charge is 0.302 e. The van der Waals surface area contributed by atoms with Crippen LogP contribution in [0.25, 0.3) is 0 Å². The highest BCUT2D eigenvalue weighted by molar-refractivity contribution is 9.09. The fourth-order valence-corrected chi connectivity index (χ4v) is 1.35. The van der Waals surface area contributed by atoms with Gasteiger partial charge in [-0.25, -0.2) is 0 Å². The third-order valence-corrected chi connectivity index (χ3v) is 2.26. The first-order valence-corrected chi connectivity index (χ1v) is 4.41. The first kappa shape index (κ1) is 9.85. The zero-order valence-electron chi connectivity index (χ0n) is 6.51. The number of carbonyl (C=O) groups excluding carboxylic acids is 1. The van der Waals surface area contributed by atoms with E-state index in [-0.39, 0.29) is 5.69 Å². The second-order valence-corrected chi connectivity index (χ2v) is 3.34. The van der Waals surface area contributed by atoms with E-state index in [1.54, 1.807) is 18.2 Å². The highest BCUT2D eigenvalue weighted by atomic mass is 79.9. The molecule has 0 aliphatic heterocycles. The van der Waals surface area contributed by atoms with Gasteiger partial charge in [-0.1, -0.05) is 34.1 Å². The predicted molar refractivity (Wildman–Crippen MR) is 50.8 cm³/mol. The van der Waals surface area contributed by atoms with Crippen molar-refractivity contribution < 1.29 is 9.72 Å². The highest BCUT2D eigenvalue weighted by Gasteiger charge is 2.18. The van der Waals surface area contributed by atoms with Crippen LogP contribution in [0.4, 0.5) is 5.69 Å². The van der Waals surface area contributed by atoms with Crippen LogP contribution in [0.2, 0.25) is 0 Å². The fourth-order valence-electron chi connectivity index (χ4n) is 0.960. The van der Waals surface area contributed by atoms with Gasteiger partial charge < -0.3 is 4.79 Å². The molecule has 0 saturated heterocycles. The van der Waals surface area contributed by atoms with Crippen molar-refractivity contribution in [2.45, 2.75) is 4.83 Å². The number of para-hydroxylation sites is 1. The smallest absolute Gasteiger partial charge is 0.274 e. The summed E-state index contributed by atoms with van der Waals surface area (Å²) >= 11 is 3.03. The molecule has 0 fully saturated rings. The lowest BCUT2D eigenvalue weighted by Crippen LogP contribution is -1.97. The lowest BCUT2D eigenvalue weighted by molar-refractivity contribution is -0.385. The number of aldehydes is 1. The summed E-state index contributed by atoms with van der Waals surface area (Å²) in [7, 11) is 0. The molecule has 1 aromatic rings. The van der Waals surface area contributed by atoms with Crippen molar-refractivity contribution >= 4 is 27.9 Å². The second kappa shape index (κ2) is 4.13. The van der Waals surface area contributed by atoms with E-state index in [2.05, 4.69) is 15.9 Å². The standard InChI is InChI=1S/C8H6BrNO3/c9-7(5-11)6-3-1-2-4-8(6)10(12)13/h1-5,7H. The van der Waals surface area contributed by atoms with Gasteiger partial charge >= 0.3 is 0 Å². The molecule has 4 nitrogen and oxygen atoms in total. The van der Waals surface area contributed by atoms with E-state index in [0.29, 0.717) is 11.8 Å². The van der Waals surface area contributed by atoms with Gasteiger partial charge in [0.1, 0.15) is 11.1 Å². The number of benzene rings is 1. The summed E-state index contributed by atoms with van der Waals surface area (Å²) in [4.78, 5) is 19.8. The Morgan fingerprint density at radius 2 is 2.08 bits per heavy atom. The van der Waals surface area contributed by atoms with E-state index in [4.69, 9.17) is 0 Å². The second-order valence-electron chi connectivity index (χ2n) is 2.35. The van der Waals surface area contributed by atoms with Gasteiger partial charge in [-0.2, -0.15) is 0 Å². The van der Waals surface area contributed by atoms with E-state index in [1.807, 2.05) is 0 Å². The first-order chi connectivity index (χ1) is 6.16. The van der Waals surface area contributed by atoms with E-state index in [0.717, 1.165) is 0 Å². The van der Waals surface area contributed by atoms with Crippen LogP contribution in [-0.2, 0) is 4.79 Å². The molecule has 1 atom stereocenters. The van der Waals surface area contributed by atoms with Crippen LogP contribution in [0, 0.1) is 10.1 Å². The molecule has 68 valence electrons. The number of nitro groups is 1. The number of alkyl halides is 1. The zero-order valence-corrected chi connectivity index (χ0v) is 8.10. The molecule has 0 amide bonds. The summed E-state index contributed by atoms with van der Waals surface area (Å²) in [5.41, 5.74) is 0.332. The quantitative estimate of drug-likeness (QED) is 0.354. The minimum absolute atomic E-state index is 0.0449. The summed E-state index contributed by atoms with van der Waals surface area (Å²) in [6.07, 6.45) is 0.613. The maximum atomic E-state index is 10.5. The summed E-state index contributed by atoms with van der Waals surface area (Å²) in [5.74, 6) is 0. The lowest BCUT2D eigenvalue weighted by Gasteiger charge is -2.02. The minimum atomic E-state index is -0.617. The molecule has 1 rings (SSSR count). The number of hydrogen-bond acceptors (Lipinski definition) is 3. The SMILES string of the molecule is O=CC(Br)c1ccccc1[N+](=O)[O-]. The van der Waals surface area contributed by atoms with Gasteiger partial charge in [0, 0.05) is 6.07 Å². The van der Waals surface area contributed by atoms with Crippen LogP contribution < -0.4 is 0 Å². The number of halogens is 1. The van der Waals surface area contributed by atoms with Crippen molar-refractivity contribution in [1.82, 2.24) is 0 Å². The Hall–Kier alpha value is -1.23. The Morgan fingerprint density at radius 3 is 2.62 bits per heavy atom. The molecule has 0 heterocycles. The molecule has 0 N–H and O–H groups in total. The third kappa shape index (κ3) is 2.12. The monoisotopic (exact) mass is 243 g/mol. The molecule has 1 aromatic carbocycles. The topological polar surface area (TPSA) is 60.2 Å². The van der Waals surface area contributed by atoms with Gasteiger partial charge in [-0.3, -0.25) is 10.1 Å². The third-order valence-electron chi connectivity index (χ3n) is 1.55. The highest BCUT2D eigenvalue weighted by Crippen LogP contribution is 2.28. The molecule has 13 heavy (non-hydrogen) atoms. The Bertz CT molecular complexity index is 340. The molecule has 1 unspecified atom stereocenters. The summed E-state index contributed by atoms with van der Waals surface area (Å²) in [6, 6.07) is 6.13. The van der Waals surface area contributed by atoms with Crippen molar-refractivity contribution in [3.05, 3.63) is 39.9 Å². The van der Waals surface area contributed by atoms with Crippen LogP contribution >= 0.6 is 15.9 Å². The van der Waals surface area contributed by atoms with Gasteiger partial charge in [0.15, 0.2) is 0 Å². The first-order valence-electron chi connectivity index (χ1n) is 3.49. The Balaban J connectivity index is 3.19. The molecular formula is C8H6BrNO3.